The Bertz CT molecular complexity index is 907. The van der Waals surface area contributed by atoms with Gasteiger partial charge in [-0.25, -0.2) is 4.98 Å². The number of fused-ring (bicyclic) bond motifs is 1. The van der Waals surface area contributed by atoms with Gasteiger partial charge in [-0.2, -0.15) is 0 Å². The van der Waals surface area contributed by atoms with Crippen molar-refractivity contribution in [3.63, 3.8) is 0 Å². The van der Waals surface area contributed by atoms with Crippen LogP contribution in [0.4, 0.5) is 5.69 Å². The monoisotopic (exact) mass is 330 g/mol. The molecule has 0 aliphatic carbocycles. The average molecular weight is 331 g/mol. The van der Waals surface area contributed by atoms with E-state index < -0.39 is 4.92 Å². The Kier molecular flexibility index (Phi) is 3.94. The molecule has 2 aromatic carbocycles. The smallest absolute Gasteiger partial charge is 0.271 e. The number of rotatable bonds is 4. The molecule has 116 valence electrons. The van der Waals surface area contributed by atoms with Crippen molar-refractivity contribution in [1.29, 1.82) is 0 Å². The number of benzene rings is 2. The number of nitrogens with one attached hydrogen (secondary N) is 1. The van der Waals surface area contributed by atoms with Gasteiger partial charge in [0.25, 0.3) is 11.6 Å². The molecule has 0 saturated carbocycles. The molecule has 1 N–H and O–H groups in total. The van der Waals surface area contributed by atoms with E-state index in [4.69, 9.17) is 11.6 Å². The molecule has 0 atom stereocenters. The van der Waals surface area contributed by atoms with Crippen LogP contribution in [-0.2, 0) is 6.67 Å². The topological polar surface area (TPSA) is 90.1 Å². The normalized spacial score (nSPS) is 10.7. The number of halogens is 1. The maximum absolute atomic E-state index is 12.1. The molecule has 3 rings (SSSR count). The Hall–Kier alpha value is -2.93. The third kappa shape index (κ3) is 3.00. The van der Waals surface area contributed by atoms with Crippen molar-refractivity contribution in [2.45, 2.75) is 6.67 Å². The molecule has 1 amide bonds. The fraction of sp³-hybridized carbons (Fsp3) is 0.0667. The summed E-state index contributed by atoms with van der Waals surface area (Å²) in [6.07, 6.45) is 1.52. The van der Waals surface area contributed by atoms with Gasteiger partial charge in [-0.1, -0.05) is 23.7 Å². The second kappa shape index (κ2) is 6.05. The van der Waals surface area contributed by atoms with Crippen LogP contribution in [0.2, 0.25) is 5.02 Å². The molecule has 0 bridgehead atoms. The van der Waals surface area contributed by atoms with E-state index in [0.717, 1.165) is 0 Å². The van der Waals surface area contributed by atoms with Gasteiger partial charge >= 0.3 is 0 Å². The number of nitro groups is 1. The van der Waals surface area contributed by atoms with E-state index >= 15 is 0 Å². The number of imidazole rings is 1. The lowest BCUT2D eigenvalue weighted by Crippen LogP contribution is -2.26. The third-order valence-electron chi connectivity index (χ3n) is 3.34. The average Bonchev–Trinajstić information content (AvgIpc) is 2.95. The highest BCUT2D eigenvalue weighted by molar-refractivity contribution is 6.33. The standard InChI is InChI=1S/C15H11ClN4O3/c16-12-4-2-1-3-11(12)15(21)18-9-19-8-17-13-6-5-10(20(22)23)7-14(13)19/h1-8H,9H2,(H,18,21). The highest BCUT2D eigenvalue weighted by atomic mass is 35.5. The Morgan fingerprint density at radius 2 is 2.09 bits per heavy atom. The van der Waals surface area contributed by atoms with Gasteiger partial charge in [0, 0.05) is 12.1 Å². The van der Waals surface area contributed by atoms with E-state index in [-0.39, 0.29) is 18.3 Å². The summed E-state index contributed by atoms with van der Waals surface area (Å²) in [6.45, 7) is 0.127. The molecule has 8 heteroatoms. The van der Waals surface area contributed by atoms with Crippen LogP contribution in [0, 0.1) is 10.1 Å². The molecular weight excluding hydrogens is 320 g/mol. The minimum absolute atomic E-state index is 0.0309. The summed E-state index contributed by atoms with van der Waals surface area (Å²) in [5, 5.41) is 13.9. The zero-order valence-corrected chi connectivity index (χ0v) is 12.5. The van der Waals surface area contributed by atoms with Gasteiger partial charge in [-0.3, -0.25) is 14.9 Å². The number of hydrogen-bond acceptors (Lipinski definition) is 4. The number of nitrogens with zero attached hydrogens (tertiary/aromatic N) is 3. The highest BCUT2D eigenvalue weighted by Gasteiger charge is 2.12. The van der Waals surface area contributed by atoms with Crippen LogP contribution in [-0.4, -0.2) is 20.4 Å². The lowest BCUT2D eigenvalue weighted by molar-refractivity contribution is -0.384. The number of carbonyl (C=O) groups excluding carboxylic acids is 1. The number of carbonyl (C=O) groups is 1. The summed E-state index contributed by atoms with van der Waals surface area (Å²) >= 11 is 5.98. The molecule has 0 radical (unpaired) electrons. The summed E-state index contributed by atoms with van der Waals surface area (Å²) in [5.41, 5.74) is 1.52. The molecule has 7 nitrogen and oxygen atoms in total. The zero-order valence-electron chi connectivity index (χ0n) is 11.8. The van der Waals surface area contributed by atoms with Gasteiger partial charge < -0.3 is 9.88 Å². The van der Waals surface area contributed by atoms with E-state index in [0.29, 0.717) is 21.6 Å². The molecule has 0 unspecified atom stereocenters. The van der Waals surface area contributed by atoms with E-state index in [9.17, 15) is 14.9 Å². The molecular formula is C15H11ClN4O3. The van der Waals surface area contributed by atoms with Gasteiger partial charge in [0.2, 0.25) is 0 Å². The van der Waals surface area contributed by atoms with Crippen molar-refractivity contribution < 1.29 is 9.72 Å². The van der Waals surface area contributed by atoms with E-state index in [1.807, 2.05) is 0 Å². The largest absolute Gasteiger partial charge is 0.334 e. The number of nitro benzene ring substituents is 1. The number of amides is 1. The molecule has 0 fully saturated rings. The highest BCUT2D eigenvalue weighted by Crippen LogP contribution is 2.20. The van der Waals surface area contributed by atoms with Crippen LogP contribution >= 0.6 is 11.6 Å². The molecule has 23 heavy (non-hydrogen) atoms. The summed E-state index contributed by atoms with van der Waals surface area (Å²) in [7, 11) is 0. The Balaban J connectivity index is 1.82. The van der Waals surface area contributed by atoms with Gasteiger partial charge in [-0.15, -0.1) is 0 Å². The van der Waals surface area contributed by atoms with Crippen molar-refractivity contribution in [1.82, 2.24) is 14.9 Å². The molecule has 1 heterocycles. The maximum Gasteiger partial charge on any atom is 0.271 e. The molecule has 0 aliphatic rings. The first-order chi connectivity index (χ1) is 11.1. The minimum Gasteiger partial charge on any atom is -0.334 e. The number of aromatic nitrogens is 2. The Morgan fingerprint density at radius 3 is 2.83 bits per heavy atom. The number of hydrogen-bond donors (Lipinski definition) is 1. The van der Waals surface area contributed by atoms with Gasteiger partial charge in [0.05, 0.1) is 39.5 Å². The summed E-state index contributed by atoms with van der Waals surface area (Å²) in [6, 6.07) is 11.1. The molecule has 3 aromatic rings. The second-order valence-electron chi connectivity index (χ2n) is 4.79. The van der Waals surface area contributed by atoms with Crippen LogP contribution in [0.3, 0.4) is 0 Å². The lowest BCUT2D eigenvalue weighted by Gasteiger charge is -2.08. The fourth-order valence-electron chi connectivity index (χ4n) is 2.18. The van der Waals surface area contributed by atoms with E-state index in [2.05, 4.69) is 10.3 Å². The van der Waals surface area contributed by atoms with Crippen molar-refractivity contribution in [2.24, 2.45) is 0 Å². The number of non-ortho nitro benzene ring substituents is 1. The Morgan fingerprint density at radius 1 is 1.30 bits per heavy atom. The van der Waals surface area contributed by atoms with Crippen LogP contribution in [0.1, 0.15) is 10.4 Å². The molecule has 1 aromatic heterocycles. The van der Waals surface area contributed by atoms with Gasteiger partial charge in [0.15, 0.2) is 0 Å². The predicted molar refractivity (Wildman–Crippen MR) is 85.3 cm³/mol. The van der Waals surface area contributed by atoms with Gasteiger partial charge in [-0.05, 0) is 18.2 Å². The quantitative estimate of drug-likeness (QED) is 0.588. The predicted octanol–water partition coefficient (Wildman–Crippen LogP) is 2.99. The molecule has 0 aliphatic heterocycles. The fourth-order valence-corrected chi connectivity index (χ4v) is 2.40. The van der Waals surface area contributed by atoms with Crippen molar-refractivity contribution in [2.75, 3.05) is 0 Å². The van der Waals surface area contributed by atoms with Crippen LogP contribution in [0.5, 0.6) is 0 Å². The first-order valence-corrected chi connectivity index (χ1v) is 7.06. The third-order valence-corrected chi connectivity index (χ3v) is 3.67. The van der Waals surface area contributed by atoms with Crippen molar-refractivity contribution >= 4 is 34.2 Å². The summed E-state index contributed by atoms with van der Waals surface area (Å²) in [4.78, 5) is 26.7. The minimum atomic E-state index is -0.473. The maximum atomic E-state index is 12.1. The van der Waals surface area contributed by atoms with E-state index in [1.165, 1.54) is 18.5 Å². The summed E-state index contributed by atoms with van der Waals surface area (Å²) in [5.74, 6) is -0.331. The van der Waals surface area contributed by atoms with Crippen molar-refractivity contribution in [3.8, 4) is 0 Å². The second-order valence-corrected chi connectivity index (χ2v) is 5.20. The molecule has 0 saturated heterocycles. The molecule has 0 spiro atoms. The van der Waals surface area contributed by atoms with Crippen LogP contribution < -0.4 is 5.32 Å². The van der Waals surface area contributed by atoms with E-state index in [1.54, 1.807) is 34.9 Å². The summed E-state index contributed by atoms with van der Waals surface area (Å²) < 4.78 is 1.62. The Labute approximate surface area is 135 Å². The zero-order chi connectivity index (χ0) is 16.4. The van der Waals surface area contributed by atoms with Gasteiger partial charge in [0.1, 0.15) is 0 Å². The first-order valence-electron chi connectivity index (χ1n) is 6.68. The first kappa shape index (κ1) is 15.0. The SMILES string of the molecule is O=C(NCn1cnc2ccc([N+](=O)[O-])cc21)c1ccccc1Cl. The van der Waals surface area contributed by atoms with Crippen molar-refractivity contribution in [3.05, 3.63) is 69.5 Å². The van der Waals surface area contributed by atoms with Crippen LogP contribution in [0.15, 0.2) is 48.8 Å². The lowest BCUT2D eigenvalue weighted by atomic mass is 10.2. The van der Waals surface area contributed by atoms with Crippen LogP contribution in [0.25, 0.3) is 11.0 Å².